The highest BCUT2D eigenvalue weighted by Crippen LogP contribution is 2.29. The number of likely N-dealkylation sites (tertiary alicyclic amines) is 1. The third kappa shape index (κ3) is 2.52. The second-order valence-electron chi connectivity index (χ2n) is 4.94. The lowest BCUT2D eigenvalue weighted by Crippen LogP contribution is -2.57. The fraction of sp³-hybridized carbons (Fsp3) is 1.00. The summed E-state index contributed by atoms with van der Waals surface area (Å²) in [4.78, 5) is 2.66. The van der Waals surface area contributed by atoms with Crippen LogP contribution in [0.4, 0.5) is 0 Å². The van der Waals surface area contributed by atoms with Crippen molar-refractivity contribution in [1.29, 1.82) is 0 Å². The van der Waals surface area contributed by atoms with Gasteiger partial charge in [0.1, 0.15) is 0 Å². The largest absolute Gasteiger partial charge is 0.381 e. The molecule has 2 rings (SSSR count). The average Bonchev–Trinajstić information content (AvgIpc) is 2.59. The normalized spacial score (nSPS) is 28.6. The number of nitrogens with zero attached hydrogens (tertiary/aromatic N) is 1. The van der Waals surface area contributed by atoms with Crippen LogP contribution in [0.25, 0.3) is 0 Å². The van der Waals surface area contributed by atoms with Gasteiger partial charge in [-0.2, -0.15) is 0 Å². The fourth-order valence-electron chi connectivity index (χ4n) is 2.95. The van der Waals surface area contributed by atoms with E-state index in [1.165, 1.54) is 38.8 Å². The highest BCUT2D eigenvalue weighted by Gasteiger charge is 2.36. The molecule has 0 aliphatic carbocycles. The zero-order valence-corrected chi connectivity index (χ0v) is 9.71. The van der Waals surface area contributed by atoms with Crippen molar-refractivity contribution in [3.8, 4) is 0 Å². The van der Waals surface area contributed by atoms with E-state index in [9.17, 15) is 0 Å². The van der Waals surface area contributed by atoms with Gasteiger partial charge in [0.25, 0.3) is 0 Å². The SMILES string of the molecule is NCC1(N2CCCCCC2)CCOCC1. The van der Waals surface area contributed by atoms with Gasteiger partial charge in [-0.25, -0.2) is 0 Å². The molecule has 0 unspecified atom stereocenters. The summed E-state index contributed by atoms with van der Waals surface area (Å²) in [6, 6.07) is 0. The molecule has 0 amide bonds. The van der Waals surface area contributed by atoms with Crippen molar-refractivity contribution in [2.45, 2.75) is 44.1 Å². The first kappa shape index (κ1) is 11.4. The zero-order chi connectivity index (χ0) is 10.6. The maximum absolute atomic E-state index is 6.02. The second-order valence-corrected chi connectivity index (χ2v) is 4.94. The third-order valence-electron chi connectivity index (χ3n) is 4.08. The summed E-state index contributed by atoms with van der Waals surface area (Å²) >= 11 is 0. The predicted molar refractivity (Wildman–Crippen MR) is 61.9 cm³/mol. The van der Waals surface area contributed by atoms with Gasteiger partial charge in [-0.15, -0.1) is 0 Å². The Bertz CT molecular complexity index is 182. The molecule has 0 saturated carbocycles. The average molecular weight is 212 g/mol. The molecule has 2 aliphatic heterocycles. The van der Waals surface area contributed by atoms with E-state index >= 15 is 0 Å². The Hall–Kier alpha value is -0.120. The molecule has 2 aliphatic rings. The van der Waals surface area contributed by atoms with Gasteiger partial charge in [0.2, 0.25) is 0 Å². The molecule has 15 heavy (non-hydrogen) atoms. The van der Waals surface area contributed by atoms with E-state index in [1.54, 1.807) is 0 Å². The highest BCUT2D eigenvalue weighted by atomic mass is 16.5. The molecule has 2 saturated heterocycles. The van der Waals surface area contributed by atoms with Gasteiger partial charge in [0.05, 0.1) is 0 Å². The summed E-state index contributed by atoms with van der Waals surface area (Å²) < 4.78 is 5.47. The first-order valence-electron chi connectivity index (χ1n) is 6.40. The van der Waals surface area contributed by atoms with Crippen LogP contribution < -0.4 is 5.73 Å². The Morgan fingerprint density at radius 1 is 1.00 bits per heavy atom. The molecule has 0 atom stereocenters. The van der Waals surface area contributed by atoms with Gasteiger partial charge < -0.3 is 10.5 Å². The summed E-state index contributed by atoms with van der Waals surface area (Å²) in [5, 5.41) is 0. The summed E-state index contributed by atoms with van der Waals surface area (Å²) in [5.74, 6) is 0. The number of ether oxygens (including phenoxy) is 1. The lowest BCUT2D eigenvalue weighted by molar-refractivity contribution is -0.0229. The number of hydrogen-bond acceptors (Lipinski definition) is 3. The van der Waals surface area contributed by atoms with Gasteiger partial charge in [-0.05, 0) is 38.8 Å². The summed E-state index contributed by atoms with van der Waals surface area (Å²) in [7, 11) is 0. The van der Waals surface area contributed by atoms with Crippen LogP contribution in [0.2, 0.25) is 0 Å². The molecular weight excluding hydrogens is 188 g/mol. The minimum Gasteiger partial charge on any atom is -0.381 e. The summed E-state index contributed by atoms with van der Waals surface area (Å²) in [6.45, 7) is 5.09. The number of nitrogens with two attached hydrogens (primary N) is 1. The molecule has 2 N–H and O–H groups in total. The van der Waals surface area contributed by atoms with Crippen LogP contribution in [-0.4, -0.2) is 43.3 Å². The minimum absolute atomic E-state index is 0.266. The Kier molecular flexibility index (Phi) is 4.00. The molecule has 2 heterocycles. The van der Waals surface area contributed by atoms with Crippen molar-refractivity contribution in [3.05, 3.63) is 0 Å². The van der Waals surface area contributed by atoms with Crippen molar-refractivity contribution in [1.82, 2.24) is 4.90 Å². The number of rotatable bonds is 2. The molecule has 88 valence electrons. The van der Waals surface area contributed by atoms with Crippen LogP contribution in [0, 0.1) is 0 Å². The van der Waals surface area contributed by atoms with E-state index in [2.05, 4.69) is 4.90 Å². The molecule has 0 aromatic heterocycles. The zero-order valence-electron chi connectivity index (χ0n) is 9.71. The van der Waals surface area contributed by atoms with Crippen LogP contribution in [0.3, 0.4) is 0 Å². The first-order chi connectivity index (χ1) is 7.37. The van der Waals surface area contributed by atoms with Gasteiger partial charge >= 0.3 is 0 Å². The van der Waals surface area contributed by atoms with Crippen LogP contribution >= 0.6 is 0 Å². The second kappa shape index (κ2) is 5.28. The van der Waals surface area contributed by atoms with E-state index in [4.69, 9.17) is 10.5 Å². The van der Waals surface area contributed by atoms with E-state index < -0.39 is 0 Å². The predicted octanol–water partition coefficient (Wildman–Crippen LogP) is 1.37. The highest BCUT2D eigenvalue weighted by molar-refractivity contribution is 4.94. The van der Waals surface area contributed by atoms with E-state index in [0.29, 0.717) is 0 Å². The van der Waals surface area contributed by atoms with E-state index in [0.717, 1.165) is 32.6 Å². The maximum atomic E-state index is 6.02. The van der Waals surface area contributed by atoms with E-state index in [1.807, 2.05) is 0 Å². The van der Waals surface area contributed by atoms with Gasteiger partial charge in [-0.3, -0.25) is 4.90 Å². The van der Waals surface area contributed by atoms with Crippen LogP contribution in [0.5, 0.6) is 0 Å². The van der Waals surface area contributed by atoms with Crippen molar-refractivity contribution < 1.29 is 4.74 Å². The standard InChI is InChI=1S/C12H24N2O/c13-11-12(5-9-15-10-6-12)14-7-3-1-2-4-8-14/h1-11,13H2. The lowest BCUT2D eigenvalue weighted by atomic mass is 9.87. The Morgan fingerprint density at radius 3 is 2.13 bits per heavy atom. The summed E-state index contributed by atoms with van der Waals surface area (Å²) in [5.41, 5.74) is 6.29. The third-order valence-corrected chi connectivity index (χ3v) is 4.08. The molecule has 0 bridgehead atoms. The lowest BCUT2D eigenvalue weighted by Gasteiger charge is -2.45. The Morgan fingerprint density at radius 2 is 1.60 bits per heavy atom. The van der Waals surface area contributed by atoms with Crippen LogP contribution in [0.1, 0.15) is 38.5 Å². The monoisotopic (exact) mass is 212 g/mol. The van der Waals surface area contributed by atoms with Gasteiger partial charge in [0, 0.05) is 25.3 Å². The van der Waals surface area contributed by atoms with Gasteiger partial charge in [-0.1, -0.05) is 12.8 Å². The minimum atomic E-state index is 0.266. The molecule has 0 radical (unpaired) electrons. The van der Waals surface area contributed by atoms with Gasteiger partial charge in [0.15, 0.2) is 0 Å². The molecule has 0 aromatic carbocycles. The van der Waals surface area contributed by atoms with Crippen LogP contribution in [-0.2, 0) is 4.74 Å². The maximum Gasteiger partial charge on any atom is 0.0484 e. The molecule has 0 aromatic rings. The fourth-order valence-corrected chi connectivity index (χ4v) is 2.95. The Balaban J connectivity index is 2.01. The quantitative estimate of drug-likeness (QED) is 0.751. The van der Waals surface area contributed by atoms with Crippen molar-refractivity contribution in [2.75, 3.05) is 32.8 Å². The first-order valence-corrected chi connectivity index (χ1v) is 6.40. The molecular formula is C12H24N2O. The topological polar surface area (TPSA) is 38.5 Å². The van der Waals surface area contributed by atoms with E-state index in [-0.39, 0.29) is 5.54 Å². The Labute approximate surface area is 93.0 Å². The van der Waals surface area contributed by atoms with Crippen molar-refractivity contribution >= 4 is 0 Å². The molecule has 3 heteroatoms. The number of hydrogen-bond donors (Lipinski definition) is 1. The summed E-state index contributed by atoms with van der Waals surface area (Å²) in [6.07, 6.45) is 7.75. The molecule has 2 fully saturated rings. The van der Waals surface area contributed by atoms with Crippen LogP contribution in [0.15, 0.2) is 0 Å². The van der Waals surface area contributed by atoms with Crippen molar-refractivity contribution in [2.24, 2.45) is 5.73 Å². The smallest absolute Gasteiger partial charge is 0.0484 e. The van der Waals surface area contributed by atoms with Crippen molar-refractivity contribution in [3.63, 3.8) is 0 Å². The molecule has 0 spiro atoms. The molecule has 3 nitrogen and oxygen atoms in total.